The predicted molar refractivity (Wildman–Crippen MR) is 99.8 cm³/mol. The van der Waals surface area contributed by atoms with Gasteiger partial charge in [-0.05, 0) is 65.6 Å². The molecule has 0 saturated carbocycles. The number of benzene rings is 2. The first kappa shape index (κ1) is 19.0. The van der Waals surface area contributed by atoms with E-state index in [4.69, 9.17) is 0 Å². The third-order valence-corrected chi connectivity index (χ3v) is 5.82. The summed E-state index contributed by atoms with van der Waals surface area (Å²) in [4.78, 5) is 0.0676. The summed E-state index contributed by atoms with van der Waals surface area (Å²) >= 11 is 0. The number of nitrogens with one attached hydrogen (secondary N) is 1. The lowest BCUT2D eigenvalue weighted by molar-refractivity contribution is 0.598. The van der Waals surface area contributed by atoms with Gasteiger partial charge in [-0.3, -0.25) is 4.72 Å². The second-order valence-electron chi connectivity index (χ2n) is 6.29. The number of sulfonamides is 1. The Kier molecular flexibility index (Phi) is 5.22. The molecule has 3 aromatic rings. The van der Waals surface area contributed by atoms with Crippen molar-refractivity contribution < 1.29 is 12.8 Å². The number of hydrogen-bond donors (Lipinski definition) is 1. The molecular formula is C18H20FN5O2S. The average Bonchev–Trinajstić information content (AvgIpc) is 3.09. The number of tetrazole rings is 1. The van der Waals surface area contributed by atoms with Crippen LogP contribution in [0.3, 0.4) is 0 Å². The molecule has 142 valence electrons. The second kappa shape index (κ2) is 7.43. The molecule has 1 N–H and O–H groups in total. The molecule has 7 nitrogen and oxygen atoms in total. The highest BCUT2D eigenvalue weighted by Gasteiger charge is 2.18. The lowest BCUT2D eigenvalue weighted by atomic mass is 9.99. The van der Waals surface area contributed by atoms with E-state index in [0.717, 1.165) is 12.0 Å². The van der Waals surface area contributed by atoms with Crippen molar-refractivity contribution in [3.63, 3.8) is 0 Å². The maximum Gasteiger partial charge on any atom is 0.261 e. The van der Waals surface area contributed by atoms with Crippen molar-refractivity contribution in [1.82, 2.24) is 20.2 Å². The molecule has 0 aliphatic carbocycles. The standard InChI is InChI=1S/C18H20FN5O2S/c1-4-12(2)14-5-8-16(9-6-14)27(25,26)21-18-11-15(7-10-17(18)19)24-13(3)20-22-23-24/h5-12,21H,4H2,1-3H3. The normalized spacial score (nSPS) is 12.7. The molecule has 0 radical (unpaired) electrons. The summed E-state index contributed by atoms with van der Waals surface area (Å²) in [6, 6.07) is 10.6. The van der Waals surface area contributed by atoms with Crippen LogP contribution in [0.5, 0.6) is 0 Å². The molecule has 0 aliphatic heterocycles. The Morgan fingerprint density at radius 1 is 1.19 bits per heavy atom. The van der Waals surface area contributed by atoms with Gasteiger partial charge in [0.05, 0.1) is 16.3 Å². The molecule has 0 fully saturated rings. The second-order valence-corrected chi connectivity index (χ2v) is 7.97. The molecule has 1 atom stereocenters. The zero-order valence-electron chi connectivity index (χ0n) is 15.2. The summed E-state index contributed by atoms with van der Waals surface area (Å²) < 4.78 is 43.2. The molecular weight excluding hydrogens is 369 g/mol. The quantitative estimate of drug-likeness (QED) is 0.698. The summed E-state index contributed by atoms with van der Waals surface area (Å²) in [7, 11) is -3.93. The molecule has 1 aromatic heterocycles. The Labute approximate surface area is 157 Å². The summed E-state index contributed by atoms with van der Waals surface area (Å²) in [6.07, 6.45) is 0.957. The molecule has 9 heteroatoms. The van der Waals surface area contributed by atoms with E-state index in [0.29, 0.717) is 17.4 Å². The van der Waals surface area contributed by atoms with E-state index in [2.05, 4.69) is 34.1 Å². The molecule has 3 rings (SSSR count). The molecule has 0 aliphatic rings. The van der Waals surface area contributed by atoms with Gasteiger partial charge in [-0.15, -0.1) is 5.10 Å². The fourth-order valence-electron chi connectivity index (χ4n) is 2.61. The van der Waals surface area contributed by atoms with Crippen LogP contribution in [0.15, 0.2) is 47.4 Å². The number of aromatic nitrogens is 4. The van der Waals surface area contributed by atoms with E-state index >= 15 is 0 Å². The van der Waals surface area contributed by atoms with Crippen molar-refractivity contribution in [3.05, 3.63) is 59.7 Å². The largest absolute Gasteiger partial charge is 0.277 e. The summed E-state index contributed by atoms with van der Waals surface area (Å²) in [5.74, 6) is 0.142. The van der Waals surface area contributed by atoms with Crippen LogP contribution in [0.2, 0.25) is 0 Å². The first-order valence-corrected chi connectivity index (χ1v) is 9.98. The molecule has 1 unspecified atom stereocenters. The van der Waals surface area contributed by atoms with Gasteiger partial charge < -0.3 is 0 Å². The Hall–Kier alpha value is -2.81. The number of rotatable bonds is 6. The number of anilines is 1. The first-order chi connectivity index (χ1) is 12.8. The monoisotopic (exact) mass is 389 g/mol. The maximum absolute atomic E-state index is 14.2. The highest BCUT2D eigenvalue weighted by molar-refractivity contribution is 7.92. The van der Waals surface area contributed by atoms with Crippen molar-refractivity contribution in [2.45, 2.75) is 38.0 Å². The summed E-state index contributed by atoms with van der Waals surface area (Å²) in [5, 5.41) is 11.1. The summed E-state index contributed by atoms with van der Waals surface area (Å²) in [5.41, 5.74) is 1.33. The zero-order valence-corrected chi connectivity index (χ0v) is 16.0. The van der Waals surface area contributed by atoms with Gasteiger partial charge in [0.1, 0.15) is 5.82 Å². The number of nitrogens with zero attached hydrogens (tertiary/aromatic N) is 4. The van der Waals surface area contributed by atoms with E-state index in [1.165, 1.54) is 35.0 Å². The number of aryl methyl sites for hydroxylation is 1. The zero-order chi connectivity index (χ0) is 19.6. The smallest absolute Gasteiger partial charge is 0.261 e. The van der Waals surface area contributed by atoms with E-state index < -0.39 is 15.8 Å². The highest BCUT2D eigenvalue weighted by atomic mass is 32.2. The van der Waals surface area contributed by atoms with Crippen molar-refractivity contribution in [2.24, 2.45) is 0 Å². The fraction of sp³-hybridized carbons (Fsp3) is 0.278. The van der Waals surface area contributed by atoms with E-state index in [1.807, 2.05) is 0 Å². The number of halogens is 1. The molecule has 1 heterocycles. The molecule has 0 saturated heterocycles. The SMILES string of the molecule is CCC(C)c1ccc(S(=O)(=O)Nc2cc(-n3nnnc3C)ccc2F)cc1. The third-order valence-electron chi connectivity index (χ3n) is 4.44. The first-order valence-electron chi connectivity index (χ1n) is 8.49. The van der Waals surface area contributed by atoms with Crippen molar-refractivity contribution in [1.29, 1.82) is 0 Å². The highest BCUT2D eigenvalue weighted by Crippen LogP contribution is 2.24. The minimum absolute atomic E-state index is 0.0676. The van der Waals surface area contributed by atoms with Crippen LogP contribution in [0.25, 0.3) is 5.69 Å². The van der Waals surface area contributed by atoms with Gasteiger partial charge in [0.25, 0.3) is 10.0 Å². The van der Waals surface area contributed by atoms with Gasteiger partial charge in [-0.2, -0.15) is 4.68 Å². The van der Waals surface area contributed by atoms with Crippen molar-refractivity contribution >= 4 is 15.7 Å². The lowest BCUT2D eigenvalue weighted by Gasteiger charge is -2.12. The Morgan fingerprint density at radius 3 is 2.48 bits per heavy atom. The van der Waals surface area contributed by atoms with Crippen LogP contribution in [0.4, 0.5) is 10.1 Å². The average molecular weight is 389 g/mol. The minimum Gasteiger partial charge on any atom is -0.277 e. The molecule has 27 heavy (non-hydrogen) atoms. The lowest BCUT2D eigenvalue weighted by Crippen LogP contribution is -2.14. The van der Waals surface area contributed by atoms with Gasteiger partial charge in [0.2, 0.25) is 0 Å². The summed E-state index contributed by atoms with van der Waals surface area (Å²) in [6.45, 7) is 5.83. The van der Waals surface area contributed by atoms with Crippen LogP contribution in [0.1, 0.15) is 37.6 Å². The van der Waals surface area contributed by atoms with Crippen LogP contribution < -0.4 is 4.72 Å². The Morgan fingerprint density at radius 2 is 1.89 bits per heavy atom. The molecule has 0 spiro atoms. The van der Waals surface area contributed by atoms with Gasteiger partial charge in [-0.1, -0.05) is 26.0 Å². The van der Waals surface area contributed by atoms with Crippen LogP contribution in [0, 0.1) is 12.7 Å². The topological polar surface area (TPSA) is 89.8 Å². The van der Waals surface area contributed by atoms with Gasteiger partial charge in [0, 0.05) is 0 Å². The van der Waals surface area contributed by atoms with Gasteiger partial charge >= 0.3 is 0 Å². The number of hydrogen-bond acceptors (Lipinski definition) is 5. The molecule has 2 aromatic carbocycles. The predicted octanol–water partition coefficient (Wildman–Crippen LogP) is 3.42. The Bertz CT molecular complexity index is 1050. The van der Waals surface area contributed by atoms with E-state index in [-0.39, 0.29) is 10.6 Å². The third kappa shape index (κ3) is 3.97. The van der Waals surface area contributed by atoms with Crippen molar-refractivity contribution in [3.8, 4) is 5.69 Å². The van der Waals surface area contributed by atoms with Crippen molar-refractivity contribution in [2.75, 3.05) is 4.72 Å². The fourth-order valence-corrected chi connectivity index (χ4v) is 3.67. The van der Waals surface area contributed by atoms with Gasteiger partial charge in [0.15, 0.2) is 5.82 Å². The molecule has 0 amide bonds. The van der Waals surface area contributed by atoms with Crippen LogP contribution >= 0.6 is 0 Å². The maximum atomic E-state index is 14.2. The van der Waals surface area contributed by atoms with E-state index in [1.54, 1.807) is 19.1 Å². The van der Waals surface area contributed by atoms with E-state index in [9.17, 15) is 12.8 Å². The minimum atomic E-state index is -3.93. The van der Waals surface area contributed by atoms with Crippen LogP contribution in [-0.4, -0.2) is 28.6 Å². The Balaban J connectivity index is 1.90. The van der Waals surface area contributed by atoms with Crippen LogP contribution in [-0.2, 0) is 10.0 Å². The molecule has 0 bridgehead atoms. The van der Waals surface area contributed by atoms with Gasteiger partial charge in [-0.25, -0.2) is 12.8 Å².